The van der Waals surface area contributed by atoms with E-state index < -0.39 is 9.05 Å². The minimum absolute atomic E-state index is 0.0422. The lowest BCUT2D eigenvalue weighted by Crippen LogP contribution is -1.95. The SMILES string of the molecule is C=CCCCS(=O)(=O)Cl. The number of halogens is 1. The van der Waals surface area contributed by atoms with E-state index in [1.54, 1.807) is 6.08 Å². The van der Waals surface area contributed by atoms with Crippen LogP contribution in [-0.4, -0.2) is 14.2 Å². The Morgan fingerprint density at radius 3 is 2.44 bits per heavy atom. The Balaban J connectivity index is 3.40. The van der Waals surface area contributed by atoms with Gasteiger partial charge >= 0.3 is 0 Å². The van der Waals surface area contributed by atoms with Crippen molar-refractivity contribution in [3.63, 3.8) is 0 Å². The maximum absolute atomic E-state index is 10.2. The molecule has 9 heavy (non-hydrogen) atoms. The van der Waals surface area contributed by atoms with Crippen LogP contribution >= 0.6 is 10.7 Å². The van der Waals surface area contributed by atoms with Crippen molar-refractivity contribution < 1.29 is 8.42 Å². The highest BCUT2D eigenvalue weighted by atomic mass is 35.7. The first-order valence-electron chi connectivity index (χ1n) is 2.59. The summed E-state index contributed by atoms with van der Waals surface area (Å²) in [4.78, 5) is 0. The summed E-state index contributed by atoms with van der Waals surface area (Å²) in [6.07, 6.45) is 2.93. The van der Waals surface area contributed by atoms with Crippen LogP contribution in [0.3, 0.4) is 0 Å². The molecule has 0 saturated carbocycles. The summed E-state index contributed by atoms with van der Waals surface area (Å²) in [5.74, 6) is 0.0422. The normalized spacial score (nSPS) is 11.2. The van der Waals surface area contributed by atoms with Gasteiger partial charge in [-0.25, -0.2) is 8.42 Å². The molecular formula is C5H9ClO2S. The summed E-state index contributed by atoms with van der Waals surface area (Å²) in [7, 11) is 1.63. The molecule has 0 heterocycles. The van der Waals surface area contributed by atoms with Crippen molar-refractivity contribution in [3.05, 3.63) is 12.7 Å². The van der Waals surface area contributed by atoms with E-state index in [1.165, 1.54) is 0 Å². The van der Waals surface area contributed by atoms with E-state index in [4.69, 9.17) is 10.7 Å². The molecule has 0 radical (unpaired) electrons. The molecule has 4 heteroatoms. The number of rotatable bonds is 4. The van der Waals surface area contributed by atoms with E-state index in [2.05, 4.69) is 6.58 Å². The molecule has 54 valence electrons. The molecule has 0 rings (SSSR count). The van der Waals surface area contributed by atoms with Crippen molar-refractivity contribution in [3.8, 4) is 0 Å². The fraction of sp³-hybridized carbons (Fsp3) is 0.600. The molecule has 0 aliphatic rings. The van der Waals surface area contributed by atoms with Crippen LogP contribution in [0, 0.1) is 0 Å². The Morgan fingerprint density at radius 2 is 2.11 bits per heavy atom. The Kier molecular flexibility index (Phi) is 3.89. The van der Waals surface area contributed by atoms with Gasteiger partial charge in [0.05, 0.1) is 5.75 Å². The zero-order valence-electron chi connectivity index (χ0n) is 5.01. The van der Waals surface area contributed by atoms with Gasteiger partial charge in [-0.3, -0.25) is 0 Å². The largest absolute Gasteiger partial charge is 0.232 e. The van der Waals surface area contributed by atoms with E-state index in [0.717, 1.165) is 0 Å². The van der Waals surface area contributed by atoms with Gasteiger partial charge in [0, 0.05) is 10.7 Å². The van der Waals surface area contributed by atoms with Crippen molar-refractivity contribution in [2.24, 2.45) is 0 Å². The van der Waals surface area contributed by atoms with Gasteiger partial charge in [-0.1, -0.05) is 6.08 Å². The summed E-state index contributed by atoms with van der Waals surface area (Å²) in [6, 6.07) is 0. The van der Waals surface area contributed by atoms with Crippen LogP contribution in [0.2, 0.25) is 0 Å². The highest BCUT2D eigenvalue weighted by molar-refractivity contribution is 8.13. The lowest BCUT2D eigenvalue weighted by molar-refractivity contribution is 0.607. The van der Waals surface area contributed by atoms with Gasteiger partial charge in [-0.2, -0.15) is 0 Å². The lowest BCUT2D eigenvalue weighted by Gasteiger charge is -1.89. The third-order valence-electron chi connectivity index (χ3n) is 0.796. The first-order chi connectivity index (χ1) is 4.06. The zero-order chi connectivity index (χ0) is 7.33. The lowest BCUT2D eigenvalue weighted by atomic mass is 10.3. The van der Waals surface area contributed by atoms with Gasteiger partial charge in [0.25, 0.3) is 0 Å². The minimum Gasteiger partial charge on any atom is -0.212 e. The molecule has 0 saturated heterocycles. The Hall–Kier alpha value is -0.0200. The zero-order valence-corrected chi connectivity index (χ0v) is 6.58. The summed E-state index contributed by atoms with van der Waals surface area (Å²) >= 11 is 0. The second-order valence-electron chi connectivity index (χ2n) is 1.67. The molecule has 2 nitrogen and oxygen atoms in total. The van der Waals surface area contributed by atoms with Gasteiger partial charge < -0.3 is 0 Å². The number of allylic oxidation sites excluding steroid dienone is 1. The molecule has 0 aromatic rings. The third-order valence-corrected chi connectivity index (χ3v) is 2.04. The standard InChI is InChI=1S/C5H9ClO2S/c1-2-3-4-5-9(6,7)8/h2H,1,3-5H2. The van der Waals surface area contributed by atoms with Crippen molar-refractivity contribution >= 4 is 19.7 Å². The molecule has 0 unspecified atom stereocenters. The molecular weight excluding hydrogens is 160 g/mol. The topological polar surface area (TPSA) is 34.1 Å². The average Bonchev–Trinajstić information content (AvgIpc) is 1.63. The summed E-state index contributed by atoms with van der Waals surface area (Å²) in [6.45, 7) is 3.44. The molecule has 0 aliphatic heterocycles. The van der Waals surface area contributed by atoms with Crippen LogP contribution in [-0.2, 0) is 9.05 Å². The summed E-state index contributed by atoms with van der Waals surface area (Å²) in [5, 5.41) is 0. The van der Waals surface area contributed by atoms with Gasteiger partial charge in [-0.05, 0) is 12.8 Å². The quantitative estimate of drug-likeness (QED) is 0.363. The van der Waals surface area contributed by atoms with Gasteiger partial charge in [0.2, 0.25) is 9.05 Å². The summed E-state index contributed by atoms with van der Waals surface area (Å²) < 4.78 is 20.5. The molecule has 0 amide bonds. The average molecular weight is 169 g/mol. The highest BCUT2D eigenvalue weighted by Gasteiger charge is 2.01. The van der Waals surface area contributed by atoms with Crippen LogP contribution in [0.15, 0.2) is 12.7 Å². The van der Waals surface area contributed by atoms with Crippen molar-refractivity contribution in [2.45, 2.75) is 12.8 Å². The smallest absolute Gasteiger partial charge is 0.212 e. The number of hydrogen-bond acceptors (Lipinski definition) is 2. The van der Waals surface area contributed by atoms with Crippen LogP contribution in [0.25, 0.3) is 0 Å². The molecule has 0 aromatic carbocycles. The second-order valence-corrected chi connectivity index (χ2v) is 4.57. The Morgan fingerprint density at radius 1 is 1.56 bits per heavy atom. The predicted octanol–water partition coefficient (Wildman–Crippen LogP) is 1.52. The van der Waals surface area contributed by atoms with E-state index in [9.17, 15) is 8.42 Å². The fourth-order valence-corrected chi connectivity index (χ4v) is 1.24. The van der Waals surface area contributed by atoms with Crippen LogP contribution in [0.4, 0.5) is 0 Å². The van der Waals surface area contributed by atoms with Crippen LogP contribution < -0.4 is 0 Å². The molecule has 0 N–H and O–H groups in total. The third kappa shape index (κ3) is 7.98. The Labute approximate surface area is 59.9 Å². The van der Waals surface area contributed by atoms with E-state index in [-0.39, 0.29) is 5.75 Å². The van der Waals surface area contributed by atoms with E-state index >= 15 is 0 Å². The van der Waals surface area contributed by atoms with E-state index in [0.29, 0.717) is 12.8 Å². The molecule has 0 atom stereocenters. The molecule has 0 aliphatic carbocycles. The Bertz CT molecular complexity index is 171. The summed E-state index contributed by atoms with van der Waals surface area (Å²) in [5.41, 5.74) is 0. The highest BCUT2D eigenvalue weighted by Crippen LogP contribution is 2.00. The predicted molar refractivity (Wildman–Crippen MR) is 39.1 cm³/mol. The van der Waals surface area contributed by atoms with Crippen molar-refractivity contribution in [1.29, 1.82) is 0 Å². The maximum Gasteiger partial charge on any atom is 0.232 e. The monoisotopic (exact) mass is 168 g/mol. The first kappa shape index (κ1) is 8.98. The van der Waals surface area contributed by atoms with Crippen molar-refractivity contribution in [2.75, 3.05) is 5.75 Å². The minimum atomic E-state index is -3.27. The van der Waals surface area contributed by atoms with Crippen molar-refractivity contribution in [1.82, 2.24) is 0 Å². The van der Waals surface area contributed by atoms with Gasteiger partial charge in [-0.15, -0.1) is 6.58 Å². The molecule has 0 spiro atoms. The van der Waals surface area contributed by atoms with Gasteiger partial charge in [0.1, 0.15) is 0 Å². The fourth-order valence-electron chi connectivity index (χ4n) is 0.400. The molecule has 0 fully saturated rings. The first-order valence-corrected chi connectivity index (χ1v) is 5.07. The maximum atomic E-state index is 10.2. The van der Waals surface area contributed by atoms with Crippen LogP contribution in [0.1, 0.15) is 12.8 Å². The second kappa shape index (κ2) is 3.90. The van der Waals surface area contributed by atoms with Crippen LogP contribution in [0.5, 0.6) is 0 Å². The molecule has 0 aromatic heterocycles. The number of unbranched alkanes of at least 4 members (excludes halogenated alkanes) is 1. The van der Waals surface area contributed by atoms with E-state index in [1.807, 2.05) is 0 Å². The van der Waals surface area contributed by atoms with Gasteiger partial charge in [0.15, 0.2) is 0 Å². The number of hydrogen-bond donors (Lipinski definition) is 0. The molecule has 0 bridgehead atoms.